The van der Waals surface area contributed by atoms with Gasteiger partial charge in [-0.1, -0.05) is 48.0 Å². The van der Waals surface area contributed by atoms with Crippen LogP contribution in [-0.2, 0) is 25.7 Å². The van der Waals surface area contributed by atoms with Crippen LogP contribution in [0.1, 0.15) is 41.4 Å². The van der Waals surface area contributed by atoms with Crippen LogP contribution in [0.25, 0.3) is 16.9 Å². The van der Waals surface area contributed by atoms with E-state index in [0.29, 0.717) is 30.5 Å². The molecule has 5 aromatic rings. The van der Waals surface area contributed by atoms with Crippen LogP contribution in [0, 0.1) is 6.92 Å². The lowest BCUT2D eigenvalue weighted by atomic mass is 10.1. The molecule has 2 aromatic heterocycles. The first kappa shape index (κ1) is 34.2. The third kappa shape index (κ3) is 7.96. The van der Waals surface area contributed by atoms with Crippen molar-refractivity contribution in [1.29, 1.82) is 0 Å². The summed E-state index contributed by atoms with van der Waals surface area (Å²) in [6.07, 6.45) is -6.64. The maximum Gasteiger partial charge on any atom is 0.435 e. The summed E-state index contributed by atoms with van der Waals surface area (Å²) < 4.78 is 85.5. The summed E-state index contributed by atoms with van der Waals surface area (Å²) >= 11 is 0. The lowest BCUT2D eigenvalue weighted by Crippen LogP contribution is -2.47. The fourth-order valence-corrected chi connectivity index (χ4v) is 6.01. The number of hydrogen-bond donors (Lipinski definition) is 1. The summed E-state index contributed by atoms with van der Waals surface area (Å²) in [5, 5.41) is 6.35. The second-order valence-electron chi connectivity index (χ2n) is 11.4. The summed E-state index contributed by atoms with van der Waals surface area (Å²) in [6.45, 7) is 3.98. The maximum absolute atomic E-state index is 13.6. The smallest absolute Gasteiger partial charge is 0.435 e. The standard InChI is InChI=1S/C32H31F3N6O8S/c1-21-10-12-23(13-11-21)28-19-29(32(33,34)35)36-39(28)25-14-16-27(17-15-25)50(44,45)37-31(43)47-26-9-6-18-38(20-26)40-41(49-40)48-22(2)46-30(42)24-7-4-3-5-8-24/h3-5,7-8,10-17,19,22,26H,6,9,18,20H2,1-2H3,(H,37,43). The fraction of sp³-hybridized carbons (Fsp3) is 0.281. The van der Waals surface area contributed by atoms with Crippen LogP contribution in [0.15, 0.2) is 94.5 Å². The van der Waals surface area contributed by atoms with E-state index in [-0.39, 0.29) is 22.8 Å². The molecular weight excluding hydrogens is 685 g/mol. The number of hydrogen-bond acceptors (Lipinski definition) is 10. The lowest BCUT2D eigenvalue weighted by molar-refractivity contribution is -0.141. The number of carbonyl (C=O) groups excluding carboxylic acids is 2. The highest BCUT2D eigenvalue weighted by molar-refractivity contribution is 7.90. The Morgan fingerprint density at radius 2 is 1.72 bits per heavy atom. The number of amides is 1. The Bertz CT molecular complexity index is 2050. The van der Waals surface area contributed by atoms with Crippen molar-refractivity contribution in [3.05, 3.63) is 102 Å². The molecule has 264 valence electrons. The van der Waals surface area contributed by atoms with Gasteiger partial charge in [0.2, 0.25) is 0 Å². The molecule has 1 aliphatic rings. The van der Waals surface area contributed by atoms with Gasteiger partial charge in [-0.15, -0.1) is 0 Å². The Kier molecular flexibility index (Phi) is 9.37. The number of aromatic nitrogens is 4. The minimum atomic E-state index is -4.71. The highest BCUT2D eigenvalue weighted by Crippen LogP contribution is 2.33. The van der Waals surface area contributed by atoms with Gasteiger partial charge in [-0.25, -0.2) is 27.4 Å². The first-order valence-corrected chi connectivity index (χ1v) is 16.8. The zero-order valence-corrected chi connectivity index (χ0v) is 27.4. The van der Waals surface area contributed by atoms with Crippen LogP contribution in [-0.4, -0.2) is 65.7 Å². The summed E-state index contributed by atoms with van der Waals surface area (Å²) in [4.78, 5) is 31.2. The van der Waals surface area contributed by atoms with Crippen molar-refractivity contribution in [2.24, 2.45) is 0 Å². The first-order chi connectivity index (χ1) is 23.8. The Labute approximate surface area is 283 Å². The normalized spacial score (nSPS) is 15.8. The number of nitrogens with one attached hydrogen (secondary N) is 1. The summed E-state index contributed by atoms with van der Waals surface area (Å²) in [6, 6.07) is 21.0. The van der Waals surface area contributed by atoms with E-state index in [4.69, 9.17) is 18.9 Å². The van der Waals surface area contributed by atoms with E-state index in [1.165, 1.54) is 24.0 Å². The van der Waals surface area contributed by atoms with E-state index in [1.807, 2.05) is 11.6 Å². The number of aryl methyl sites for hydroxylation is 1. The second kappa shape index (κ2) is 13.7. The second-order valence-corrected chi connectivity index (χ2v) is 13.1. The zero-order valence-electron chi connectivity index (χ0n) is 26.6. The molecule has 1 N–H and O–H groups in total. The largest absolute Gasteiger partial charge is 0.444 e. The van der Waals surface area contributed by atoms with Crippen LogP contribution in [0.5, 0.6) is 0 Å². The average Bonchev–Trinajstić information content (AvgIpc) is 3.68. The number of alkyl halides is 3. The monoisotopic (exact) mass is 716 g/mol. The topological polar surface area (TPSA) is 152 Å². The highest BCUT2D eigenvalue weighted by atomic mass is 32.2. The van der Waals surface area contributed by atoms with Crippen molar-refractivity contribution in [2.75, 3.05) is 18.1 Å². The molecule has 3 aromatic carbocycles. The van der Waals surface area contributed by atoms with Crippen LogP contribution in [0.3, 0.4) is 0 Å². The third-order valence-electron chi connectivity index (χ3n) is 7.61. The number of halogens is 3. The van der Waals surface area contributed by atoms with Crippen LogP contribution >= 0.6 is 0 Å². The fourth-order valence-electron chi connectivity index (χ4n) is 5.13. The first-order valence-electron chi connectivity index (χ1n) is 15.3. The zero-order chi connectivity index (χ0) is 35.6. The Morgan fingerprint density at radius 3 is 2.40 bits per heavy atom. The van der Waals surface area contributed by atoms with Crippen LogP contribution in [0.4, 0.5) is 18.0 Å². The minimum absolute atomic E-state index is 0.132. The molecule has 1 aliphatic heterocycles. The van der Waals surface area contributed by atoms with Crippen molar-refractivity contribution in [2.45, 2.75) is 50.2 Å². The molecule has 1 amide bonds. The quantitative estimate of drug-likeness (QED) is 0.156. The number of esters is 1. The number of sulfonamides is 1. The molecule has 2 unspecified atom stereocenters. The number of nitrogens with zero attached hydrogens (tertiary/aromatic N) is 5. The molecule has 1 fully saturated rings. The summed E-state index contributed by atoms with van der Waals surface area (Å²) in [5.41, 5.74) is 0.951. The van der Waals surface area contributed by atoms with Gasteiger partial charge in [0.15, 0.2) is 5.69 Å². The minimum Gasteiger partial charge on any atom is -0.444 e. The summed E-state index contributed by atoms with van der Waals surface area (Å²) in [5.74, 6) is -0.584. The van der Waals surface area contributed by atoms with Gasteiger partial charge in [0.05, 0.1) is 28.4 Å². The van der Waals surface area contributed by atoms with Crippen molar-refractivity contribution >= 4 is 22.1 Å². The highest BCUT2D eigenvalue weighted by Gasteiger charge is 2.36. The van der Waals surface area contributed by atoms with Crippen molar-refractivity contribution in [3.63, 3.8) is 0 Å². The molecule has 14 nitrogen and oxygen atoms in total. The number of benzene rings is 3. The third-order valence-corrected chi connectivity index (χ3v) is 8.94. The van der Waals surface area contributed by atoms with Gasteiger partial charge in [-0.05, 0) is 62.2 Å². The van der Waals surface area contributed by atoms with Gasteiger partial charge < -0.3 is 14.3 Å². The molecule has 50 heavy (non-hydrogen) atoms. The lowest BCUT2D eigenvalue weighted by Gasteiger charge is -2.29. The van der Waals surface area contributed by atoms with Crippen molar-refractivity contribution in [3.8, 4) is 16.9 Å². The van der Waals surface area contributed by atoms with Gasteiger partial charge in [0.25, 0.3) is 16.3 Å². The van der Waals surface area contributed by atoms with Crippen molar-refractivity contribution < 1.29 is 50.1 Å². The van der Waals surface area contributed by atoms with Gasteiger partial charge in [0.1, 0.15) is 11.1 Å². The van der Waals surface area contributed by atoms with Gasteiger partial charge in [0, 0.05) is 24.0 Å². The van der Waals surface area contributed by atoms with E-state index in [2.05, 4.69) is 5.10 Å². The summed E-state index contributed by atoms with van der Waals surface area (Å²) in [7, 11) is -4.42. The molecule has 18 heteroatoms. The molecule has 6 rings (SSSR count). The SMILES string of the molecule is Cc1ccc(-c2cc(C(F)(F)F)nn2-c2ccc(S(=O)(=O)NC(=O)OC3CCCN(n4on4OC(C)OC(=O)c4ccccc4)C3)cc2)cc1. The predicted molar refractivity (Wildman–Crippen MR) is 169 cm³/mol. The van der Waals surface area contributed by atoms with E-state index < -0.39 is 46.4 Å². The number of rotatable bonds is 10. The Morgan fingerprint density at radius 1 is 1.02 bits per heavy atom. The average molecular weight is 717 g/mol. The molecule has 0 bridgehead atoms. The van der Waals surface area contributed by atoms with E-state index in [0.717, 1.165) is 33.5 Å². The van der Waals surface area contributed by atoms with Crippen LogP contribution < -0.4 is 14.6 Å². The Balaban J connectivity index is 1.05. The van der Waals surface area contributed by atoms with Crippen molar-refractivity contribution in [1.82, 2.24) is 24.5 Å². The van der Waals surface area contributed by atoms with Crippen LogP contribution in [0.2, 0.25) is 0 Å². The maximum atomic E-state index is 13.6. The van der Waals surface area contributed by atoms with Gasteiger partial charge >= 0.3 is 18.2 Å². The molecule has 0 saturated carbocycles. The van der Waals surface area contributed by atoms with Gasteiger partial charge in [-0.3, -0.25) is 5.01 Å². The number of piperidine rings is 1. The molecule has 0 aliphatic carbocycles. The molecule has 0 spiro atoms. The number of ether oxygens (including phenoxy) is 2. The molecule has 2 atom stereocenters. The molecule has 1 saturated heterocycles. The molecule has 0 radical (unpaired) electrons. The number of carbonyl (C=O) groups is 2. The van der Waals surface area contributed by atoms with E-state index in [1.54, 1.807) is 59.6 Å². The van der Waals surface area contributed by atoms with Gasteiger partial charge in [-0.2, -0.15) is 22.9 Å². The predicted octanol–water partition coefficient (Wildman–Crippen LogP) is 4.91. The van der Waals surface area contributed by atoms with E-state index >= 15 is 0 Å². The molecule has 3 heterocycles. The Hall–Kier alpha value is -5.65. The molecular formula is C32H31F3N6O8S. The van der Waals surface area contributed by atoms with E-state index in [9.17, 15) is 31.2 Å².